The van der Waals surface area contributed by atoms with Gasteiger partial charge in [0.25, 0.3) is 0 Å². The third kappa shape index (κ3) is 1.27. The average Bonchev–Trinajstić information content (AvgIpc) is 3.14. The zero-order valence-corrected chi connectivity index (χ0v) is 11.6. The van der Waals surface area contributed by atoms with E-state index < -0.39 is 0 Å². The van der Waals surface area contributed by atoms with Gasteiger partial charge in [-0.1, -0.05) is 42.5 Å². The van der Waals surface area contributed by atoms with Crippen molar-refractivity contribution in [1.82, 2.24) is 0 Å². The molecule has 0 atom stereocenters. The van der Waals surface area contributed by atoms with Crippen LogP contribution in [-0.4, -0.2) is 5.88 Å². The van der Waals surface area contributed by atoms with Gasteiger partial charge in [0.2, 0.25) is 0 Å². The molecule has 20 heavy (non-hydrogen) atoms. The van der Waals surface area contributed by atoms with Gasteiger partial charge in [0, 0.05) is 4.90 Å². The van der Waals surface area contributed by atoms with Crippen molar-refractivity contribution in [2.24, 2.45) is 4.99 Å². The first-order chi connectivity index (χ1) is 9.92. The van der Waals surface area contributed by atoms with Crippen LogP contribution in [0.3, 0.4) is 0 Å². The summed E-state index contributed by atoms with van der Waals surface area (Å²) >= 11 is 1.83. The summed E-state index contributed by atoms with van der Waals surface area (Å²) < 4.78 is 0. The molecule has 2 heteroatoms. The molecule has 0 aromatic heterocycles. The summed E-state index contributed by atoms with van der Waals surface area (Å²) in [6.45, 7) is 0. The van der Waals surface area contributed by atoms with Crippen LogP contribution in [0.15, 0.2) is 52.4 Å². The second kappa shape index (κ2) is 3.74. The highest BCUT2D eigenvalue weighted by atomic mass is 32.2. The highest BCUT2D eigenvalue weighted by Gasteiger charge is 2.13. The molecule has 3 aromatic rings. The molecule has 2 aliphatic rings. The lowest BCUT2D eigenvalue weighted by Crippen LogP contribution is -2.10. The van der Waals surface area contributed by atoms with Crippen molar-refractivity contribution < 1.29 is 0 Å². The molecule has 0 saturated carbocycles. The minimum Gasteiger partial charge on any atom is -0.273 e. The molecule has 94 valence electrons. The summed E-state index contributed by atoms with van der Waals surface area (Å²) in [5.41, 5.74) is 1.35. The monoisotopic (exact) mass is 273 g/mol. The third-order valence-electron chi connectivity index (χ3n) is 4.17. The van der Waals surface area contributed by atoms with Crippen molar-refractivity contribution in [1.29, 1.82) is 0 Å². The Morgan fingerprint density at radius 2 is 1.85 bits per heavy atom. The topological polar surface area (TPSA) is 12.4 Å². The predicted octanol–water partition coefficient (Wildman–Crippen LogP) is 3.48. The Morgan fingerprint density at radius 1 is 0.950 bits per heavy atom. The summed E-state index contributed by atoms with van der Waals surface area (Å²) in [4.78, 5) is 5.90. The quantitative estimate of drug-likeness (QED) is 0.571. The Labute approximate surface area is 120 Å². The first kappa shape index (κ1) is 10.7. The number of allylic oxidation sites excluding steroid dienone is 1. The van der Waals surface area contributed by atoms with Crippen molar-refractivity contribution in [2.75, 3.05) is 5.88 Å². The van der Waals surface area contributed by atoms with Gasteiger partial charge in [-0.25, -0.2) is 0 Å². The zero-order valence-electron chi connectivity index (χ0n) is 10.8. The van der Waals surface area contributed by atoms with Crippen LogP contribution < -0.4 is 10.6 Å². The van der Waals surface area contributed by atoms with Crippen molar-refractivity contribution >= 4 is 45.5 Å². The third-order valence-corrected chi connectivity index (χ3v) is 5.06. The van der Waals surface area contributed by atoms with E-state index in [4.69, 9.17) is 0 Å². The fraction of sp³-hybridized carbons (Fsp3) is 0.0556. The summed E-state index contributed by atoms with van der Waals surface area (Å²) in [6, 6.07) is 13.3. The molecule has 0 amide bonds. The zero-order chi connectivity index (χ0) is 13.1. The van der Waals surface area contributed by atoms with Crippen molar-refractivity contribution in [2.45, 2.75) is 4.90 Å². The average molecular weight is 273 g/mol. The van der Waals surface area contributed by atoms with Gasteiger partial charge in [-0.3, -0.25) is 4.99 Å². The molecular weight excluding hydrogens is 262 g/mol. The fourth-order valence-electron chi connectivity index (χ4n) is 3.27. The lowest BCUT2D eigenvalue weighted by molar-refractivity contribution is 1.23. The van der Waals surface area contributed by atoms with Crippen LogP contribution in [0, 0.1) is 0 Å². The molecule has 0 fully saturated rings. The predicted molar refractivity (Wildman–Crippen MR) is 86.5 cm³/mol. The molecule has 5 rings (SSSR count). The molecule has 0 bridgehead atoms. The number of benzene rings is 3. The van der Waals surface area contributed by atoms with E-state index in [1.54, 1.807) is 0 Å². The van der Waals surface area contributed by atoms with Gasteiger partial charge in [-0.15, -0.1) is 11.8 Å². The van der Waals surface area contributed by atoms with Crippen molar-refractivity contribution in [3.63, 3.8) is 0 Å². The Hall–Kier alpha value is -2.06. The summed E-state index contributed by atoms with van der Waals surface area (Å²) in [5, 5.41) is 7.86. The van der Waals surface area contributed by atoms with E-state index in [9.17, 15) is 0 Å². The van der Waals surface area contributed by atoms with E-state index >= 15 is 0 Å². The Kier molecular flexibility index (Phi) is 2.00. The Balaban J connectivity index is 2.15. The first-order valence-electron chi connectivity index (χ1n) is 6.76. The van der Waals surface area contributed by atoms with Crippen molar-refractivity contribution in [3.05, 3.63) is 58.6 Å². The normalized spacial score (nSPS) is 15.2. The van der Waals surface area contributed by atoms with Crippen LogP contribution in [-0.2, 0) is 0 Å². The van der Waals surface area contributed by atoms with E-state index in [2.05, 4.69) is 59.6 Å². The minimum atomic E-state index is 0.855. The fourth-order valence-corrected chi connectivity index (χ4v) is 4.08. The largest absolute Gasteiger partial charge is 0.273 e. The van der Waals surface area contributed by atoms with Gasteiger partial charge in [-0.05, 0) is 44.5 Å². The Bertz CT molecular complexity index is 1040. The van der Waals surface area contributed by atoms with Gasteiger partial charge in [0.1, 0.15) is 0 Å². The molecule has 3 aromatic carbocycles. The second-order valence-corrected chi connectivity index (χ2v) is 6.18. The molecule has 0 spiro atoms. The molecular formula is C18H11NS. The van der Waals surface area contributed by atoms with Crippen LogP contribution in [0.1, 0.15) is 5.56 Å². The first-order valence-corrected chi connectivity index (χ1v) is 7.74. The maximum absolute atomic E-state index is 4.58. The molecule has 1 aliphatic heterocycles. The van der Waals surface area contributed by atoms with Crippen LogP contribution >= 0.6 is 11.8 Å². The van der Waals surface area contributed by atoms with Crippen LogP contribution in [0.5, 0.6) is 0 Å². The van der Waals surface area contributed by atoms with E-state index in [0.29, 0.717) is 0 Å². The number of fused-ring (bicyclic) bond motifs is 7. The molecule has 0 unspecified atom stereocenters. The standard InChI is InChI=1S/C18H11NS/c1-2-5-13-11(4-1)12-6-3-7-14(12)15-8-17-18(9-16(13)15)20-10-19-17/h1-9H,10H2. The maximum Gasteiger partial charge on any atom is 0.0898 e. The SMILES string of the molecule is C1=Cc2c(c3cc4c(cc3c3ccccc23)SCN=4)=C1. The minimum absolute atomic E-state index is 0.855. The maximum atomic E-state index is 4.58. The highest BCUT2D eigenvalue weighted by Crippen LogP contribution is 2.30. The Morgan fingerprint density at radius 3 is 2.80 bits per heavy atom. The number of hydrogen-bond acceptors (Lipinski definition) is 2. The van der Waals surface area contributed by atoms with Crippen LogP contribution in [0.25, 0.3) is 33.7 Å². The van der Waals surface area contributed by atoms with Crippen LogP contribution in [0.4, 0.5) is 0 Å². The number of nitrogens with zero attached hydrogens (tertiary/aromatic N) is 1. The van der Waals surface area contributed by atoms with E-state index in [-0.39, 0.29) is 0 Å². The summed E-state index contributed by atoms with van der Waals surface area (Å²) in [6.07, 6.45) is 6.59. The van der Waals surface area contributed by atoms with Gasteiger partial charge in [0.15, 0.2) is 0 Å². The molecule has 0 N–H and O–H groups in total. The molecule has 1 nitrogen and oxygen atoms in total. The van der Waals surface area contributed by atoms with Gasteiger partial charge < -0.3 is 0 Å². The lowest BCUT2D eigenvalue weighted by atomic mass is 9.96. The summed E-state index contributed by atoms with van der Waals surface area (Å²) in [5.74, 6) is 0.855. The second-order valence-electron chi connectivity index (χ2n) is 5.20. The van der Waals surface area contributed by atoms with E-state index in [1.807, 2.05) is 11.8 Å². The molecule has 1 heterocycles. The van der Waals surface area contributed by atoms with Crippen LogP contribution in [0.2, 0.25) is 0 Å². The number of hydrogen-bond donors (Lipinski definition) is 0. The molecule has 0 radical (unpaired) electrons. The number of rotatable bonds is 0. The van der Waals surface area contributed by atoms with Crippen molar-refractivity contribution in [3.8, 4) is 0 Å². The molecule has 0 saturated heterocycles. The van der Waals surface area contributed by atoms with E-state index in [1.165, 1.54) is 37.2 Å². The lowest BCUT2D eigenvalue weighted by Gasteiger charge is -2.09. The van der Waals surface area contributed by atoms with Gasteiger partial charge >= 0.3 is 0 Å². The van der Waals surface area contributed by atoms with Gasteiger partial charge in [0.05, 0.1) is 11.2 Å². The number of thioether (sulfide) groups is 1. The van der Waals surface area contributed by atoms with Gasteiger partial charge in [-0.2, -0.15) is 0 Å². The highest BCUT2D eigenvalue weighted by molar-refractivity contribution is 7.99. The van der Waals surface area contributed by atoms with E-state index in [0.717, 1.165) is 11.2 Å². The summed E-state index contributed by atoms with van der Waals surface area (Å²) in [7, 11) is 0. The smallest absolute Gasteiger partial charge is 0.0898 e. The molecule has 1 aliphatic carbocycles.